The second-order valence-corrected chi connectivity index (χ2v) is 6.53. The molecule has 1 aromatic rings. The van der Waals surface area contributed by atoms with E-state index in [0.717, 1.165) is 19.0 Å². The van der Waals surface area contributed by atoms with Gasteiger partial charge in [-0.3, -0.25) is 4.90 Å². The number of likely N-dealkylation sites (tertiary alicyclic amines) is 1. The van der Waals surface area contributed by atoms with E-state index < -0.39 is 0 Å². The highest BCUT2D eigenvalue weighted by molar-refractivity contribution is 5.25. The van der Waals surface area contributed by atoms with E-state index in [2.05, 4.69) is 55.3 Å². The number of benzene rings is 1. The highest BCUT2D eigenvalue weighted by atomic mass is 15.2. The van der Waals surface area contributed by atoms with Crippen molar-refractivity contribution in [3.05, 3.63) is 35.4 Å². The lowest BCUT2D eigenvalue weighted by atomic mass is 9.91. The van der Waals surface area contributed by atoms with Crippen LogP contribution >= 0.6 is 0 Å². The SMILES string of the molecule is CNCC(C)c1ccc(CN2CCCC(C)C2C)cc1. The molecule has 0 saturated carbocycles. The third-order valence-corrected chi connectivity index (χ3v) is 4.95. The van der Waals surface area contributed by atoms with Gasteiger partial charge in [0, 0.05) is 19.1 Å². The van der Waals surface area contributed by atoms with Gasteiger partial charge in [0.05, 0.1) is 0 Å². The molecule has 1 aliphatic rings. The van der Waals surface area contributed by atoms with Gasteiger partial charge in [-0.05, 0) is 56.3 Å². The summed E-state index contributed by atoms with van der Waals surface area (Å²) in [6.45, 7) is 10.4. The first-order valence-corrected chi connectivity index (χ1v) is 8.09. The zero-order valence-electron chi connectivity index (χ0n) is 13.5. The van der Waals surface area contributed by atoms with Crippen molar-refractivity contribution >= 4 is 0 Å². The van der Waals surface area contributed by atoms with E-state index in [1.165, 1.54) is 30.5 Å². The Hall–Kier alpha value is -0.860. The summed E-state index contributed by atoms with van der Waals surface area (Å²) < 4.78 is 0. The lowest BCUT2D eigenvalue weighted by Crippen LogP contribution is -2.41. The Balaban J connectivity index is 1.96. The van der Waals surface area contributed by atoms with Crippen LogP contribution in [0.15, 0.2) is 24.3 Å². The Morgan fingerprint density at radius 1 is 1.25 bits per heavy atom. The van der Waals surface area contributed by atoms with Crippen LogP contribution in [-0.4, -0.2) is 31.1 Å². The van der Waals surface area contributed by atoms with Gasteiger partial charge in [0.1, 0.15) is 0 Å². The lowest BCUT2D eigenvalue weighted by Gasteiger charge is -2.38. The number of piperidine rings is 1. The quantitative estimate of drug-likeness (QED) is 0.882. The van der Waals surface area contributed by atoms with E-state index >= 15 is 0 Å². The summed E-state index contributed by atoms with van der Waals surface area (Å²) >= 11 is 0. The van der Waals surface area contributed by atoms with Gasteiger partial charge in [0.15, 0.2) is 0 Å². The summed E-state index contributed by atoms with van der Waals surface area (Å²) in [5.41, 5.74) is 2.88. The fraction of sp³-hybridized carbons (Fsp3) is 0.667. The van der Waals surface area contributed by atoms with Crippen molar-refractivity contribution in [2.75, 3.05) is 20.1 Å². The van der Waals surface area contributed by atoms with Crippen LogP contribution in [0.2, 0.25) is 0 Å². The average molecular weight is 274 g/mol. The van der Waals surface area contributed by atoms with Crippen LogP contribution in [-0.2, 0) is 6.54 Å². The van der Waals surface area contributed by atoms with Gasteiger partial charge in [-0.25, -0.2) is 0 Å². The van der Waals surface area contributed by atoms with E-state index in [4.69, 9.17) is 0 Å². The summed E-state index contributed by atoms with van der Waals surface area (Å²) in [6, 6.07) is 9.94. The molecule has 0 amide bonds. The maximum Gasteiger partial charge on any atom is 0.0236 e. The predicted molar refractivity (Wildman–Crippen MR) is 87.1 cm³/mol. The van der Waals surface area contributed by atoms with E-state index in [1.807, 2.05) is 7.05 Å². The molecule has 112 valence electrons. The highest BCUT2D eigenvalue weighted by Crippen LogP contribution is 2.25. The van der Waals surface area contributed by atoms with Crippen molar-refractivity contribution in [1.82, 2.24) is 10.2 Å². The molecule has 2 rings (SSSR count). The average Bonchev–Trinajstić information content (AvgIpc) is 2.45. The predicted octanol–water partition coefficient (Wildman–Crippen LogP) is 3.63. The molecular formula is C18H30N2. The van der Waals surface area contributed by atoms with Crippen LogP contribution in [0.25, 0.3) is 0 Å². The lowest BCUT2D eigenvalue weighted by molar-refractivity contribution is 0.106. The second-order valence-electron chi connectivity index (χ2n) is 6.53. The maximum atomic E-state index is 3.25. The van der Waals surface area contributed by atoms with E-state index in [-0.39, 0.29) is 0 Å². The van der Waals surface area contributed by atoms with Crippen LogP contribution in [0, 0.1) is 5.92 Å². The smallest absolute Gasteiger partial charge is 0.0236 e. The molecule has 20 heavy (non-hydrogen) atoms. The molecule has 2 heteroatoms. The van der Waals surface area contributed by atoms with Gasteiger partial charge in [0.25, 0.3) is 0 Å². The first kappa shape index (κ1) is 15.5. The van der Waals surface area contributed by atoms with Crippen LogP contribution in [0.1, 0.15) is 50.7 Å². The zero-order valence-corrected chi connectivity index (χ0v) is 13.5. The fourth-order valence-corrected chi connectivity index (χ4v) is 3.25. The standard InChI is InChI=1S/C18H30N2/c1-14-6-5-11-20(16(14)3)13-17-7-9-18(10-8-17)15(2)12-19-4/h7-10,14-16,19H,5-6,11-13H2,1-4H3. The molecule has 1 saturated heterocycles. The molecule has 1 N–H and O–H groups in total. The first-order valence-electron chi connectivity index (χ1n) is 8.09. The molecule has 0 bridgehead atoms. The minimum absolute atomic E-state index is 0.586. The minimum atomic E-state index is 0.586. The van der Waals surface area contributed by atoms with Crippen LogP contribution in [0.5, 0.6) is 0 Å². The summed E-state index contributed by atoms with van der Waals surface area (Å²) in [5, 5.41) is 3.25. The monoisotopic (exact) mass is 274 g/mol. The van der Waals surface area contributed by atoms with Gasteiger partial charge in [-0.2, -0.15) is 0 Å². The van der Waals surface area contributed by atoms with E-state index in [9.17, 15) is 0 Å². The maximum absolute atomic E-state index is 3.25. The number of nitrogens with one attached hydrogen (secondary N) is 1. The van der Waals surface area contributed by atoms with Crippen molar-refractivity contribution in [3.8, 4) is 0 Å². The molecular weight excluding hydrogens is 244 g/mol. The molecule has 1 aliphatic heterocycles. The Kier molecular flexibility index (Phi) is 5.62. The van der Waals surface area contributed by atoms with Gasteiger partial charge in [-0.1, -0.05) is 38.1 Å². The Morgan fingerprint density at radius 3 is 2.60 bits per heavy atom. The van der Waals surface area contributed by atoms with Gasteiger partial charge in [-0.15, -0.1) is 0 Å². The number of rotatable bonds is 5. The van der Waals surface area contributed by atoms with Crippen molar-refractivity contribution in [3.63, 3.8) is 0 Å². The molecule has 0 aromatic heterocycles. The molecule has 1 aromatic carbocycles. The van der Waals surface area contributed by atoms with Crippen molar-refractivity contribution in [2.45, 2.75) is 52.1 Å². The molecule has 0 spiro atoms. The molecule has 1 heterocycles. The zero-order chi connectivity index (χ0) is 14.5. The molecule has 0 radical (unpaired) electrons. The van der Waals surface area contributed by atoms with Gasteiger partial charge < -0.3 is 5.32 Å². The molecule has 0 aliphatic carbocycles. The van der Waals surface area contributed by atoms with Crippen LogP contribution in [0.4, 0.5) is 0 Å². The molecule has 2 nitrogen and oxygen atoms in total. The summed E-state index contributed by atoms with van der Waals surface area (Å²) in [6.07, 6.45) is 2.74. The number of likely N-dealkylation sites (N-methyl/N-ethyl adjacent to an activating group) is 1. The van der Waals surface area contributed by atoms with E-state index in [1.54, 1.807) is 0 Å². The molecule has 3 unspecified atom stereocenters. The topological polar surface area (TPSA) is 15.3 Å². The van der Waals surface area contributed by atoms with Gasteiger partial charge in [0.2, 0.25) is 0 Å². The van der Waals surface area contributed by atoms with Crippen molar-refractivity contribution < 1.29 is 0 Å². The van der Waals surface area contributed by atoms with Crippen molar-refractivity contribution in [2.24, 2.45) is 5.92 Å². The van der Waals surface area contributed by atoms with Crippen LogP contribution in [0.3, 0.4) is 0 Å². The highest BCUT2D eigenvalue weighted by Gasteiger charge is 2.24. The summed E-state index contributed by atoms with van der Waals surface area (Å²) in [7, 11) is 2.02. The third kappa shape index (κ3) is 3.83. The first-order chi connectivity index (χ1) is 9.61. The Labute approximate surface area is 124 Å². The van der Waals surface area contributed by atoms with Crippen LogP contribution < -0.4 is 5.32 Å². The van der Waals surface area contributed by atoms with Gasteiger partial charge >= 0.3 is 0 Å². The second kappa shape index (κ2) is 7.24. The largest absolute Gasteiger partial charge is 0.319 e. The molecule has 1 fully saturated rings. The number of hydrogen-bond donors (Lipinski definition) is 1. The summed E-state index contributed by atoms with van der Waals surface area (Å²) in [4.78, 5) is 2.64. The fourth-order valence-electron chi connectivity index (χ4n) is 3.25. The third-order valence-electron chi connectivity index (χ3n) is 4.95. The number of nitrogens with zero attached hydrogens (tertiary/aromatic N) is 1. The molecule has 3 atom stereocenters. The van der Waals surface area contributed by atoms with E-state index in [0.29, 0.717) is 12.0 Å². The minimum Gasteiger partial charge on any atom is -0.319 e. The van der Waals surface area contributed by atoms with Crippen molar-refractivity contribution in [1.29, 1.82) is 0 Å². The number of hydrogen-bond acceptors (Lipinski definition) is 2. The summed E-state index contributed by atoms with van der Waals surface area (Å²) in [5.74, 6) is 1.42. The normalized spacial score (nSPS) is 25.6. The Bertz CT molecular complexity index is 398. The Morgan fingerprint density at radius 2 is 1.95 bits per heavy atom.